The second-order valence-electron chi connectivity index (χ2n) is 4.94. The topological polar surface area (TPSA) is 29.9 Å². The molecule has 3 nitrogen and oxygen atoms in total. The number of alkyl halides is 3. The molecule has 0 aliphatic rings. The molecular weight excluding hydrogens is 279 g/mol. The molecule has 0 amide bonds. The minimum absolute atomic E-state index is 0.161. The lowest BCUT2D eigenvalue weighted by Crippen LogP contribution is -2.20. The SMILES string of the molecule is CCCNCc1cnn(-c2cccc(C)c2)c1C(F)(F)F. The van der Waals surface area contributed by atoms with Gasteiger partial charge >= 0.3 is 6.18 Å². The molecule has 0 atom stereocenters. The summed E-state index contributed by atoms with van der Waals surface area (Å²) in [4.78, 5) is 0. The summed E-state index contributed by atoms with van der Waals surface area (Å²) in [6, 6.07) is 6.87. The van der Waals surface area contributed by atoms with Gasteiger partial charge in [-0.15, -0.1) is 0 Å². The van der Waals surface area contributed by atoms with E-state index in [1.54, 1.807) is 18.2 Å². The van der Waals surface area contributed by atoms with Gasteiger partial charge in [0.2, 0.25) is 0 Å². The van der Waals surface area contributed by atoms with E-state index in [0.29, 0.717) is 12.2 Å². The van der Waals surface area contributed by atoms with Crippen molar-refractivity contribution in [1.29, 1.82) is 0 Å². The number of hydrogen-bond acceptors (Lipinski definition) is 2. The Hall–Kier alpha value is -1.82. The summed E-state index contributed by atoms with van der Waals surface area (Å²) in [6.45, 7) is 4.64. The van der Waals surface area contributed by atoms with Crippen molar-refractivity contribution in [2.24, 2.45) is 0 Å². The van der Waals surface area contributed by atoms with E-state index >= 15 is 0 Å². The molecule has 0 bridgehead atoms. The molecule has 0 unspecified atom stereocenters. The van der Waals surface area contributed by atoms with Gasteiger partial charge in [0.15, 0.2) is 5.69 Å². The minimum Gasteiger partial charge on any atom is -0.313 e. The van der Waals surface area contributed by atoms with Crippen LogP contribution in [-0.4, -0.2) is 16.3 Å². The summed E-state index contributed by atoms with van der Waals surface area (Å²) >= 11 is 0. The molecule has 0 aliphatic heterocycles. The van der Waals surface area contributed by atoms with Crippen LogP contribution in [0.3, 0.4) is 0 Å². The number of rotatable bonds is 5. The Morgan fingerprint density at radius 1 is 1.29 bits per heavy atom. The number of nitrogens with zero attached hydrogens (tertiary/aromatic N) is 2. The maximum atomic E-state index is 13.3. The third kappa shape index (κ3) is 3.64. The van der Waals surface area contributed by atoms with E-state index in [0.717, 1.165) is 16.7 Å². The molecule has 6 heteroatoms. The number of benzene rings is 1. The highest BCUT2D eigenvalue weighted by Gasteiger charge is 2.38. The molecule has 1 aromatic heterocycles. The first-order valence-electron chi connectivity index (χ1n) is 6.85. The molecule has 0 saturated carbocycles. The van der Waals surface area contributed by atoms with Crippen LogP contribution < -0.4 is 5.32 Å². The maximum Gasteiger partial charge on any atom is 0.433 e. The standard InChI is InChI=1S/C15H18F3N3/c1-3-7-19-9-12-10-20-21(14(12)15(16,17)18)13-6-4-5-11(2)8-13/h4-6,8,10,19H,3,7,9H2,1-2H3. The predicted octanol–water partition coefficient (Wildman–Crippen LogP) is 3.70. The lowest BCUT2D eigenvalue weighted by atomic mass is 10.2. The molecule has 1 aromatic carbocycles. The van der Waals surface area contributed by atoms with Gasteiger partial charge < -0.3 is 5.32 Å². The van der Waals surface area contributed by atoms with E-state index in [1.807, 2.05) is 19.9 Å². The van der Waals surface area contributed by atoms with Crippen molar-refractivity contribution < 1.29 is 13.2 Å². The van der Waals surface area contributed by atoms with E-state index in [9.17, 15) is 13.2 Å². The normalized spacial score (nSPS) is 11.9. The molecule has 0 spiro atoms. The van der Waals surface area contributed by atoms with Crippen molar-refractivity contribution in [3.8, 4) is 5.69 Å². The van der Waals surface area contributed by atoms with Gasteiger partial charge in [0, 0.05) is 12.1 Å². The van der Waals surface area contributed by atoms with E-state index in [2.05, 4.69) is 10.4 Å². The Morgan fingerprint density at radius 2 is 2.05 bits per heavy atom. The van der Waals surface area contributed by atoms with Crippen LogP contribution in [0.4, 0.5) is 13.2 Å². The molecule has 0 radical (unpaired) electrons. The zero-order valence-corrected chi connectivity index (χ0v) is 12.0. The van der Waals surface area contributed by atoms with E-state index < -0.39 is 11.9 Å². The fourth-order valence-corrected chi connectivity index (χ4v) is 2.17. The minimum atomic E-state index is -4.44. The Kier molecular flexibility index (Phi) is 4.67. The van der Waals surface area contributed by atoms with E-state index in [4.69, 9.17) is 0 Å². The number of aromatic nitrogens is 2. The van der Waals surface area contributed by atoms with E-state index in [1.165, 1.54) is 6.20 Å². The summed E-state index contributed by atoms with van der Waals surface area (Å²) in [5.74, 6) is 0. The fourth-order valence-electron chi connectivity index (χ4n) is 2.17. The van der Waals surface area contributed by atoms with Crippen LogP contribution in [0, 0.1) is 6.92 Å². The summed E-state index contributed by atoms with van der Waals surface area (Å²) in [6.07, 6.45) is -2.29. The first kappa shape index (κ1) is 15.6. The number of halogens is 3. The van der Waals surface area contributed by atoms with Crippen LogP contribution in [0.1, 0.15) is 30.2 Å². The maximum absolute atomic E-state index is 13.3. The first-order chi connectivity index (χ1) is 9.93. The van der Waals surface area contributed by atoms with Crippen LogP contribution in [0.25, 0.3) is 5.69 Å². The van der Waals surface area contributed by atoms with Crippen LogP contribution >= 0.6 is 0 Å². The monoisotopic (exact) mass is 297 g/mol. The quantitative estimate of drug-likeness (QED) is 0.853. The molecule has 0 fully saturated rings. The van der Waals surface area contributed by atoms with Crippen molar-refractivity contribution in [1.82, 2.24) is 15.1 Å². The number of hydrogen-bond donors (Lipinski definition) is 1. The fraction of sp³-hybridized carbons (Fsp3) is 0.400. The predicted molar refractivity (Wildman–Crippen MR) is 75.3 cm³/mol. The van der Waals surface area contributed by atoms with Crippen molar-refractivity contribution >= 4 is 0 Å². The van der Waals surface area contributed by atoms with Gasteiger partial charge in [-0.25, -0.2) is 4.68 Å². The third-order valence-corrected chi connectivity index (χ3v) is 3.10. The van der Waals surface area contributed by atoms with Gasteiger partial charge in [-0.1, -0.05) is 19.1 Å². The molecule has 114 valence electrons. The van der Waals surface area contributed by atoms with Gasteiger partial charge in [0.25, 0.3) is 0 Å². The van der Waals surface area contributed by atoms with Gasteiger partial charge in [-0.05, 0) is 37.6 Å². The second-order valence-corrected chi connectivity index (χ2v) is 4.94. The van der Waals surface area contributed by atoms with Crippen molar-refractivity contribution in [2.45, 2.75) is 33.0 Å². The molecule has 1 N–H and O–H groups in total. The highest BCUT2D eigenvalue weighted by molar-refractivity contribution is 5.38. The van der Waals surface area contributed by atoms with E-state index in [-0.39, 0.29) is 12.1 Å². The van der Waals surface area contributed by atoms with Crippen LogP contribution in [-0.2, 0) is 12.7 Å². The lowest BCUT2D eigenvalue weighted by molar-refractivity contribution is -0.143. The van der Waals surface area contributed by atoms with Gasteiger partial charge in [0.05, 0.1) is 11.9 Å². The second kappa shape index (κ2) is 6.30. The van der Waals surface area contributed by atoms with Crippen LogP contribution in [0.15, 0.2) is 30.5 Å². The zero-order valence-electron chi connectivity index (χ0n) is 12.0. The Bertz CT molecular complexity index is 602. The Labute approximate surface area is 121 Å². The Morgan fingerprint density at radius 3 is 2.67 bits per heavy atom. The smallest absolute Gasteiger partial charge is 0.313 e. The first-order valence-corrected chi connectivity index (χ1v) is 6.85. The largest absolute Gasteiger partial charge is 0.433 e. The summed E-state index contributed by atoms with van der Waals surface area (Å²) in [5.41, 5.74) is 0.764. The lowest BCUT2D eigenvalue weighted by Gasteiger charge is -2.13. The van der Waals surface area contributed by atoms with Crippen molar-refractivity contribution in [3.05, 3.63) is 47.3 Å². The van der Waals surface area contributed by atoms with Crippen molar-refractivity contribution in [2.75, 3.05) is 6.54 Å². The van der Waals surface area contributed by atoms with Crippen LogP contribution in [0.2, 0.25) is 0 Å². The average molecular weight is 297 g/mol. The number of nitrogens with one attached hydrogen (secondary N) is 1. The Balaban J connectivity index is 2.42. The van der Waals surface area contributed by atoms with Gasteiger partial charge in [0.1, 0.15) is 0 Å². The van der Waals surface area contributed by atoms with Crippen molar-refractivity contribution in [3.63, 3.8) is 0 Å². The highest BCUT2D eigenvalue weighted by atomic mass is 19.4. The molecule has 2 aromatic rings. The zero-order chi connectivity index (χ0) is 15.5. The molecule has 0 saturated heterocycles. The summed E-state index contributed by atoms with van der Waals surface area (Å²) < 4.78 is 41.0. The highest BCUT2D eigenvalue weighted by Crippen LogP contribution is 2.33. The van der Waals surface area contributed by atoms with Crippen LogP contribution in [0.5, 0.6) is 0 Å². The molecule has 2 rings (SSSR count). The molecule has 1 heterocycles. The number of aryl methyl sites for hydroxylation is 1. The van der Waals surface area contributed by atoms with Gasteiger partial charge in [-0.3, -0.25) is 0 Å². The summed E-state index contributed by atoms with van der Waals surface area (Å²) in [7, 11) is 0. The summed E-state index contributed by atoms with van der Waals surface area (Å²) in [5, 5.41) is 6.92. The molecule has 0 aliphatic carbocycles. The average Bonchev–Trinajstić information content (AvgIpc) is 2.83. The van der Waals surface area contributed by atoms with Gasteiger partial charge in [-0.2, -0.15) is 18.3 Å². The third-order valence-electron chi connectivity index (χ3n) is 3.10. The molecule has 21 heavy (non-hydrogen) atoms. The molecular formula is C15H18F3N3.